The van der Waals surface area contributed by atoms with Gasteiger partial charge in [-0.25, -0.2) is 14.6 Å². The van der Waals surface area contributed by atoms with Gasteiger partial charge in [-0.3, -0.25) is 4.79 Å². The third kappa shape index (κ3) is 2.81. The molecule has 0 saturated heterocycles. The number of hydrogen-bond donors (Lipinski definition) is 0. The Morgan fingerprint density at radius 1 is 1.05 bits per heavy atom. The van der Waals surface area contributed by atoms with Gasteiger partial charge in [0.1, 0.15) is 16.9 Å². The highest BCUT2D eigenvalue weighted by Gasteiger charge is 2.20. The van der Waals surface area contributed by atoms with Crippen molar-refractivity contribution in [3.05, 3.63) is 58.1 Å². The van der Waals surface area contributed by atoms with Crippen LogP contribution in [0.25, 0.3) is 5.82 Å². The second kappa shape index (κ2) is 6.00. The number of hydrogen-bond acceptors (Lipinski definition) is 6. The minimum absolute atomic E-state index is 0.272. The lowest BCUT2D eigenvalue weighted by molar-refractivity contribution is 0.0595. The first-order chi connectivity index (χ1) is 10.1. The highest BCUT2D eigenvalue weighted by Crippen LogP contribution is 2.08. The highest BCUT2D eigenvalue weighted by molar-refractivity contribution is 5.94. The molecule has 21 heavy (non-hydrogen) atoms. The molecule has 0 N–H and O–H groups in total. The van der Waals surface area contributed by atoms with Crippen LogP contribution in [-0.4, -0.2) is 35.7 Å². The molecule has 2 rings (SSSR count). The Morgan fingerprint density at radius 2 is 1.62 bits per heavy atom. The molecule has 7 heteroatoms. The SMILES string of the molecule is COC(=O)c1cn(-c2ccccn2)cc(C(=O)OC)c1=O. The van der Waals surface area contributed by atoms with Crippen molar-refractivity contribution in [2.45, 2.75) is 0 Å². The third-order valence-corrected chi connectivity index (χ3v) is 2.75. The molecule has 0 aliphatic carbocycles. The van der Waals surface area contributed by atoms with Gasteiger partial charge in [-0.05, 0) is 12.1 Å². The van der Waals surface area contributed by atoms with E-state index in [2.05, 4.69) is 14.5 Å². The molecule has 0 aliphatic heterocycles. The number of carbonyl (C=O) groups excluding carboxylic acids is 2. The van der Waals surface area contributed by atoms with Gasteiger partial charge in [0, 0.05) is 18.6 Å². The fourth-order valence-corrected chi connectivity index (χ4v) is 1.73. The Bertz CT molecular complexity index is 697. The van der Waals surface area contributed by atoms with Gasteiger partial charge in [0.25, 0.3) is 0 Å². The van der Waals surface area contributed by atoms with E-state index in [4.69, 9.17) is 0 Å². The molecule has 0 aliphatic rings. The van der Waals surface area contributed by atoms with E-state index in [0.717, 1.165) is 14.2 Å². The third-order valence-electron chi connectivity index (χ3n) is 2.75. The Balaban J connectivity index is 2.71. The molecule has 0 spiro atoms. The van der Waals surface area contributed by atoms with Crippen LogP contribution < -0.4 is 5.43 Å². The van der Waals surface area contributed by atoms with E-state index in [9.17, 15) is 14.4 Å². The molecule has 0 saturated carbocycles. The lowest BCUT2D eigenvalue weighted by atomic mass is 10.2. The fourth-order valence-electron chi connectivity index (χ4n) is 1.73. The molecular weight excluding hydrogens is 276 g/mol. The van der Waals surface area contributed by atoms with Crippen LogP contribution in [0.15, 0.2) is 41.6 Å². The number of methoxy groups -OCH3 is 2. The summed E-state index contributed by atoms with van der Waals surface area (Å²) < 4.78 is 10.5. The van der Waals surface area contributed by atoms with E-state index in [1.165, 1.54) is 17.0 Å². The van der Waals surface area contributed by atoms with E-state index >= 15 is 0 Å². The quantitative estimate of drug-likeness (QED) is 0.776. The summed E-state index contributed by atoms with van der Waals surface area (Å²) in [5, 5.41) is 0. The van der Waals surface area contributed by atoms with Crippen molar-refractivity contribution in [3.63, 3.8) is 0 Å². The maximum absolute atomic E-state index is 12.1. The van der Waals surface area contributed by atoms with Gasteiger partial charge in [0.2, 0.25) is 5.43 Å². The van der Waals surface area contributed by atoms with Crippen molar-refractivity contribution in [2.24, 2.45) is 0 Å². The van der Waals surface area contributed by atoms with Crippen LogP contribution in [-0.2, 0) is 9.47 Å². The summed E-state index contributed by atoms with van der Waals surface area (Å²) in [4.78, 5) is 39.6. The molecule has 108 valence electrons. The maximum atomic E-state index is 12.1. The Labute approximate surface area is 119 Å². The minimum atomic E-state index is -0.838. The van der Waals surface area contributed by atoms with Crippen molar-refractivity contribution < 1.29 is 19.1 Å². The molecule has 2 heterocycles. The van der Waals surface area contributed by atoms with Gasteiger partial charge in [-0.1, -0.05) is 6.07 Å². The van der Waals surface area contributed by atoms with Gasteiger partial charge in [0.15, 0.2) is 0 Å². The average molecular weight is 288 g/mol. The zero-order valence-electron chi connectivity index (χ0n) is 11.4. The first kappa shape index (κ1) is 14.4. The predicted octanol–water partition coefficient (Wildman–Crippen LogP) is 0.806. The molecule has 2 aromatic heterocycles. The molecule has 0 radical (unpaired) electrons. The normalized spacial score (nSPS) is 10.0. The van der Waals surface area contributed by atoms with E-state index < -0.39 is 17.4 Å². The zero-order valence-corrected chi connectivity index (χ0v) is 11.4. The molecular formula is C14H12N2O5. The van der Waals surface area contributed by atoms with Crippen LogP contribution >= 0.6 is 0 Å². The van der Waals surface area contributed by atoms with Crippen LogP contribution in [0.3, 0.4) is 0 Å². The van der Waals surface area contributed by atoms with Gasteiger partial charge < -0.3 is 14.0 Å². The lowest BCUT2D eigenvalue weighted by Crippen LogP contribution is -2.26. The summed E-state index contributed by atoms with van der Waals surface area (Å²) in [6.07, 6.45) is 4.08. The molecule has 0 unspecified atom stereocenters. The monoisotopic (exact) mass is 288 g/mol. The van der Waals surface area contributed by atoms with E-state index in [-0.39, 0.29) is 11.1 Å². The molecule has 7 nitrogen and oxygen atoms in total. The average Bonchev–Trinajstić information content (AvgIpc) is 2.54. The highest BCUT2D eigenvalue weighted by atomic mass is 16.5. The van der Waals surface area contributed by atoms with Crippen LogP contribution in [0.2, 0.25) is 0 Å². The molecule has 0 amide bonds. The second-order valence-electron chi connectivity index (χ2n) is 3.99. The fraction of sp³-hybridized carbons (Fsp3) is 0.143. The van der Waals surface area contributed by atoms with Crippen molar-refractivity contribution in [3.8, 4) is 5.82 Å². The molecule has 2 aromatic rings. The predicted molar refractivity (Wildman–Crippen MR) is 72.5 cm³/mol. The number of nitrogens with zero attached hydrogens (tertiary/aromatic N) is 2. The Kier molecular flexibility index (Phi) is 4.13. The molecule has 0 atom stereocenters. The smallest absolute Gasteiger partial charge is 0.343 e. The first-order valence-electron chi connectivity index (χ1n) is 5.92. The van der Waals surface area contributed by atoms with Crippen LogP contribution in [0, 0.1) is 0 Å². The van der Waals surface area contributed by atoms with Gasteiger partial charge in [-0.15, -0.1) is 0 Å². The minimum Gasteiger partial charge on any atom is -0.465 e. The van der Waals surface area contributed by atoms with Crippen LogP contribution in [0.1, 0.15) is 20.7 Å². The van der Waals surface area contributed by atoms with Gasteiger partial charge >= 0.3 is 11.9 Å². The Morgan fingerprint density at radius 3 is 2.05 bits per heavy atom. The van der Waals surface area contributed by atoms with Crippen molar-refractivity contribution in [1.82, 2.24) is 9.55 Å². The standard InChI is InChI=1S/C14H12N2O5/c1-20-13(18)9-7-16(11-5-3-4-6-15-11)8-10(12(9)17)14(19)21-2/h3-8H,1-2H3. The van der Waals surface area contributed by atoms with E-state index in [0.29, 0.717) is 5.82 Å². The number of pyridine rings is 2. The first-order valence-corrected chi connectivity index (χ1v) is 5.92. The zero-order chi connectivity index (χ0) is 15.4. The number of ether oxygens (including phenoxy) is 2. The molecule has 0 bridgehead atoms. The largest absolute Gasteiger partial charge is 0.465 e. The van der Waals surface area contributed by atoms with E-state index in [1.54, 1.807) is 24.4 Å². The number of carbonyl (C=O) groups is 2. The van der Waals surface area contributed by atoms with Crippen molar-refractivity contribution in [2.75, 3.05) is 14.2 Å². The van der Waals surface area contributed by atoms with Gasteiger partial charge in [-0.2, -0.15) is 0 Å². The lowest BCUT2D eigenvalue weighted by Gasteiger charge is -2.09. The second-order valence-corrected chi connectivity index (χ2v) is 3.99. The maximum Gasteiger partial charge on any atom is 0.343 e. The summed E-state index contributed by atoms with van der Waals surface area (Å²) in [5.41, 5.74) is -1.29. The van der Waals surface area contributed by atoms with E-state index in [1.807, 2.05) is 0 Å². The summed E-state index contributed by atoms with van der Waals surface area (Å²) in [5.74, 6) is -1.24. The van der Waals surface area contributed by atoms with Crippen molar-refractivity contribution in [1.29, 1.82) is 0 Å². The summed E-state index contributed by atoms with van der Waals surface area (Å²) in [6.45, 7) is 0. The summed E-state index contributed by atoms with van der Waals surface area (Å²) in [7, 11) is 2.30. The van der Waals surface area contributed by atoms with Crippen LogP contribution in [0.4, 0.5) is 0 Å². The molecule has 0 fully saturated rings. The number of esters is 2. The van der Waals surface area contributed by atoms with Crippen LogP contribution in [0.5, 0.6) is 0 Å². The van der Waals surface area contributed by atoms with Gasteiger partial charge in [0.05, 0.1) is 14.2 Å². The summed E-state index contributed by atoms with van der Waals surface area (Å²) >= 11 is 0. The number of rotatable bonds is 3. The summed E-state index contributed by atoms with van der Waals surface area (Å²) in [6, 6.07) is 5.11. The topological polar surface area (TPSA) is 87.5 Å². The molecule has 0 aromatic carbocycles. The Hall–Kier alpha value is -2.96. The number of aromatic nitrogens is 2. The van der Waals surface area contributed by atoms with Crippen molar-refractivity contribution >= 4 is 11.9 Å².